The van der Waals surface area contributed by atoms with Crippen molar-refractivity contribution in [2.24, 2.45) is 11.7 Å². The Morgan fingerprint density at radius 2 is 2.33 bits per heavy atom. The molecule has 0 amide bonds. The predicted octanol–water partition coefficient (Wildman–Crippen LogP) is 1.43. The molecular weight excluding hydrogens is 229 g/mol. The summed E-state index contributed by atoms with van der Waals surface area (Å²) in [4.78, 5) is 0. The first-order chi connectivity index (χ1) is 4.33. The number of rotatable bonds is 2. The topological polar surface area (TPSA) is 43.1 Å². The molecule has 0 saturated heterocycles. The van der Waals surface area contributed by atoms with Crippen LogP contribution in [0.15, 0.2) is 0 Å². The van der Waals surface area contributed by atoms with Gasteiger partial charge in [0.15, 0.2) is 0 Å². The summed E-state index contributed by atoms with van der Waals surface area (Å²) in [5.41, 5.74) is 5.67. The molecule has 0 spiro atoms. The minimum Gasteiger partial charge on any atom is -0.328 e. The third-order valence-electron chi connectivity index (χ3n) is 1.86. The maximum atomic E-state index is 10.3. The van der Waals surface area contributed by atoms with E-state index in [1.54, 1.807) is 0 Å². The average Bonchev–Trinajstić information content (AvgIpc) is 2.17. The third-order valence-corrected chi connectivity index (χ3v) is 3.47. The highest BCUT2D eigenvalue weighted by Gasteiger charge is 2.20. The van der Waals surface area contributed by atoms with Crippen molar-refractivity contribution in [2.75, 3.05) is 4.43 Å². The molecule has 3 heteroatoms. The van der Waals surface area contributed by atoms with E-state index in [1.807, 2.05) is 0 Å². The minimum atomic E-state index is -0.731. The van der Waals surface area contributed by atoms with E-state index in [-0.39, 0.29) is 0 Å². The molecule has 2 nitrogen and oxygen atoms in total. The zero-order chi connectivity index (χ0) is 6.69. The Bertz CT molecular complexity index is 107. The molecule has 54 valence electrons. The summed E-state index contributed by atoms with van der Waals surface area (Å²) in [5.74, 6) is 0.699. The normalized spacial score (nSPS) is 35.2. The van der Waals surface area contributed by atoms with Crippen molar-refractivity contribution in [3.63, 3.8) is 0 Å². The summed E-state index contributed by atoms with van der Waals surface area (Å²) in [6.07, 6.45) is 3.47. The monoisotopic (exact) mass is 241 g/mol. The van der Waals surface area contributed by atoms with Gasteiger partial charge in [-0.05, 0) is 25.2 Å². The van der Waals surface area contributed by atoms with Gasteiger partial charge in [0, 0.05) is 10.5 Å². The largest absolute Gasteiger partial charge is 0.328 e. The smallest absolute Gasteiger partial charge is 0.144 e. The van der Waals surface area contributed by atoms with E-state index in [0.29, 0.717) is 12.0 Å². The molecular formula is C6H12INO. The summed E-state index contributed by atoms with van der Waals surface area (Å²) in [7, 11) is 0. The van der Waals surface area contributed by atoms with Crippen molar-refractivity contribution in [1.29, 1.82) is 0 Å². The van der Waals surface area contributed by atoms with Gasteiger partial charge in [0.05, 0.1) is 0 Å². The molecule has 2 N–H and O–H groups in total. The molecule has 0 heterocycles. The molecule has 2 atom stereocenters. The lowest BCUT2D eigenvalue weighted by Gasteiger charge is -2.00. The molecule has 1 rings (SSSR count). The van der Waals surface area contributed by atoms with Gasteiger partial charge in [0.2, 0.25) is 0 Å². The van der Waals surface area contributed by atoms with Crippen LogP contribution in [0.3, 0.4) is 0 Å². The highest BCUT2D eigenvalue weighted by atomic mass is 127. The van der Waals surface area contributed by atoms with E-state index in [0.717, 1.165) is 17.3 Å². The van der Waals surface area contributed by atoms with Gasteiger partial charge in [0.1, 0.15) is 21.2 Å². The Hall–Kier alpha value is 0.490. The van der Waals surface area contributed by atoms with E-state index >= 15 is 0 Å². The first kappa shape index (κ1) is 7.60. The summed E-state index contributed by atoms with van der Waals surface area (Å²) in [6, 6.07) is 0.408. The number of alkyl halides is 1. The van der Waals surface area contributed by atoms with Crippen LogP contribution < -0.4 is 5.73 Å². The van der Waals surface area contributed by atoms with Crippen LogP contribution >= 0.6 is 21.2 Å². The Morgan fingerprint density at radius 1 is 1.56 bits per heavy atom. The van der Waals surface area contributed by atoms with Gasteiger partial charge in [-0.25, -0.2) is 0 Å². The number of halogens is 1. The van der Waals surface area contributed by atoms with E-state index in [4.69, 9.17) is 5.73 Å². The van der Waals surface area contributed by atoms with Crippen LogP contribution in [0.25, 0.3) is 0 Å². The molecule has 0 radical (unpaired) electrons. The fraction of sp³-hybridized carbons (Fsp3) is 1.00. The van der Waals surface area contributed by atoms with E-state index < -0.39 is 21.2 Å². The molecule has 2 unspecified atom stereocenters. The summed E-state index contributed by atoms with van der Waals surface area (Å²) < 4.78 is 11.2. The number of hydrogen-bond donors (Lipinski definition) is 1. The SMILES string of the molecule is NC1CCC(CI=O)C1. The van der Waals surface area contributed by atoms with Crippen molar-refractivity contribution in [2.45, 2.75) is 25.3 Å². The van der Waals surface area contributed by atoms with Crippen LogP contribution in [0.5, 0.6) is 0 Å². The van der Waals surface area contributed by atoms with Gasteiger partial charge in [-0.15, -0.1) is 0 Å². The van der Waals surface area contributed by atoms with Crippen LogP contribution in [0.2, 0.25) is 0 Å². The fourth-order valence-electron chi connectivity index (χ4n) is 1.34. The maximum Gasteiger partial charge on any atom is 0.144 e. The molecule has 0 aromatic rings. The van der Waals surface area contributed by atoms with Crippen molar-refractivity contribution in [1.82, 2.24) is 0 Å². The van der Waals surface area contributed by atoms with Crippen LogP contribution in [0.4, 0.5) is 0 Å². The van der Waals surface area contributed by atoms with Crippen LogP contribution in [0.1, 0.15) is 19.3 Å². The minimum absolute atomic E-state index is 0.408. The molecule has 1 saturated carbocycles. The van der Waals surface area contributed by atoms with Gasteiger partial charge < -0.3 is 5.73 Å². The van der Waals surface area contributed by atoms with Crippen molar-refractivity contribution >= 4 is 21.2 Å². The zero-order valence-electron chi connectivity index (χ0n) is 5.35. The highest BCUT2D eigenvalue weighted by molar-refractivity contribution is 14.1. The molecule has 9 heavy (non-hydrogen) atoms. The third kappa shape index (κ3) is 2.29. The summed E-state index contributed by atoms with van der Waals surface area (Å²) >= 11 is -0.731. The highest BCUT2D eigenvalue weighted by Crippen LogP contribution is 2.26. The summed E-state index contributed by atoms with van der Waals surface area (Å²) in [6.45, 7) is 0. The van der Waals surface area contributed by atoms with Crippen molar-refractivity contribution in [3.8, 4) is 0 Å². The second kappa shape index (κ2) is 3.61. The van der Waals surface area contributed by atoms with Gasteiger partial charge in [-0.3, -0.25) is 3.07 Å². The molecule has 1 fully saturated rings. The quantitative estimate of drug-likeness (QED) is 0.587. The van der Waals surface area contributed by atoms with E-state index in [2.05, 4.69) is 0 Å². The van der Waals surface area contributed by atoms with Crippen molar-refractivity contribution in [3.05, 3.63) is 0 Å². The number of hydrogen-bond acceptors (Lipinski definition) is 2. The lowest BCUT2D eigenvalue weighted by molar-refractivity contribution is 0.606. The Morgan fingerprint density at radius 3 is 2.78 bits per heavy atom. The van der Waals surface area contributed by atoms with Gasteiger partial charge >= 0.3 is 0 Å². The molecule has 1 aliphatic rings. The lowest BCUT2D eigenvalue weighted by Crippen LogP contribution is -2.14. The fourth-order valence-corrected chi connectivity index (χ4v) is 2.65. The second-order valence-electron chi connectivity index (χ2n) is 2.70. The average molecular weight is 241 g/mol. The second-order valence-corrected chi connectivity index (χ2v) is 4.21. The van der Waals surface area contributed by atoms with Crippen molar-refractivity contribution < 1.29 is 3.07 Å². The van der Waals surface area contributed by atoms with Gasteiger partial charge in [-0.2, -0.15) is 0 Å². The first-order valence-corrected chi connectivity index (χ1v) is 5.70. The lowest BCUT2D eigenvalue weighted by atomic mass is 10.1. The molecule has 0 aromatic heterocycles. The van der Waals surface area contributed by atoms with Gasteiger partial charge in [0.25, 0.3) is 0 Å². The van der Waals surface area contributed by atoms with Crippen LogP contribution in [-0.4, -0.2) is 10.5 Å². The Labute approximate surface area is 65.8 Å². The van der Waals surface area contributed by atoms with Crippen LogP contribution in [-0.2, 0) is 3.07 Å². The summed E-state index contributed by atoms with van der Waals surface area (Å²) in [5, 5.41) is 0. The molecule has 1 aliphatic carbocycles. The standard InChI is InChI=1S/C6H12INO/c8-6-2-1-5(3-6)4-7-9/h5-6H,1-4,8H2. The van der Waals surface area contributed by atoms with Gasteiger partial charge in [-0.1, -0.05) is 0 Å². The Balaban J connectivity index is 2.21. The van der Waals surface area contributed by atoms with Crippen LogP contribution in [0, 0.1) is 5.92 Å². The predicted molar refractivity (Wildman–Crippen MR) is 44.9 cm³/mol. The first-order valence-electron chi connectivity index (χ1n) is 3.30. The van der Waals surface area contributed by atoms with E-state index in [1.165, 1.54) is 6.42 Å². The number of nitrogens with two attached hydrogens (primary N) is 1. The van der Waals surface area contributed by atoms with E-state index in [9.17, 15) is 3.07 Å². The Kier molecular flexibility index (Phi) is 3.04. The molecule has 0 aromatic carbocycles. The molecule has 0 aliphatic heterocycles. The maximum absolute atomic E-state index is 10.3. The molecule has 0 bridgehead atoms. The zero-order valence-corrected chi connectivity index (χ0v) is 7.50.